The third-order valence-corrected chi connectivity index (χ3v) is 3.48. The highest BCUT2D eigenvalue weighted by Gasteiger charge is 2.10. The molecule has 1 heterocycles. The van der Waals surface area contributed by atoms with Gasteiger partial charge in [-0.2, -0.15) is 5.10 Å². The molecule has 0 fully saturated rings. The molecule has 0 atom stereocenters. The van der Waals surface area contributed by atoms with E-state index >= 15 is 0 Å². The Morgan fingerprint density at radius 2 is 1.86 bits per heavy atom. The fraction of sp³-hybridized carbons (Fsp3) is 0.143. The third kappa shape index (κ3) is 3.75. The normalized spacial score (nSPS) is 11.0. The van der Waals surface area contributed by atoms with E-state index in [4.69, 9.17) is 41.2 Å². The molecule has 3 N–H and O–H groups in total. The first-order valence-corrected chi connectivity index (χ1v) is 7.29. The van der Waals surface area contributed by atoms with E-state index < -0.39 is 0 Å². The Kier molecular flexibility index (Phi) is 4.88. The van der Waals surface area contributed by atoms with Crippen molar-refractivity contribution in [3.63, 3.8) is 0 Å². The Labute approximate surface area is 138 Å². The topological polar surface area (TPSA) is 55.3 Å². The smallest absolute Gasteiger partial charge is 0.184 e. The van der Waals surface area contributed by atoms with Crippen LogP contribution < -0.4 is 11.2 Å². The first-order valence-electron chi connectivity index (χ1n) is 6.12. The van der Waals surface area contributed by atoms with Crippen LogP contribution in [0.5, 0.6) is 0 Å². The van der Waals surface area contributed by atoms with Gasteiger partial charge in [0.15, 0.2) is 5.11 Å². The van der Waals surface area contributed by atoms with Gasteiger partial charge in [0.2, 0.25) is 0 Å². The molecule has 0 aliphatic heterocycles. The van der Waals surface area contributed by atoms with Crippen molar-refractivity contribution in [2.75, 3.05) is 0 Å². The molecule has 0 bridgehead atoms. The van der Waals surface area contributed by atoms with Gasteiger partial charge in [-0.25, -0.2) is 0 Å². The Bertz CT molecular complexity index is 702. The van der Waals surface area contributed by atoms with Crippen LogP contribution in [-0.4, -0.2) is 15.9 Å². The van der Waals surface area contributed by atoms with Crippen molar-refractivity contribution in [1.29, 1.82) is 0 Å². The number of nitrogens with one attached hydrogen (secondary N) is 1. The number of nitrogens with zero attached hydrogens (tertiary/aromatic N) is 2. The Balaban J connectivity index is 2.43. The van der Waals surface area contributed by atoms with Gasteiger partial charge in [-0.05, 0) is 50.3 Å². The van der Waals surface area contributed by atoms with Crippen LogP contribution in [-0.2, 0) is 0 Å². The second-order valence-corrected chi connectivity index (χ2v) is 5.84. The number of halogens is 2. The summed E-state index contributed by atoms with van der Waals surface area (Å²) in [4.78, 5) is 0. The molecule has 1 aromatic heterocycles. The Hall–Kier alpha value is -1.56. The lowest BCUT2D eigenvalue weighted by Gasteiger charge is -2.10. The van der Waals surface area contributed by atoms with Crippen molar-refractivity contribution in [1.82, 2.24) is 9.99 Å². The van der Waals surface area contributed by atoms with Crippen LogP contribution in [0.2, 0.25) is 10.0 Å². The summed E-state index contributed by atoms with van der Waals surface area (Å²) >= 11 is 16.8. The number of benzene rings is 1. The molecular weight excluding hydrogens is 327 g/mol. The van der Waals surface area contributed by atoms with E-state index in [-0.39, 0.29) is 5.11 Å². The lowest BCUT2D eigenvalue weighted by molar-refractivity contribution is 0.964. The zero-order valence-corrected chi connectivity index (χ0v) is 13.9. The summed E-state index contributed by atoms with van der Waals surface area (Å²) in [5.41, 5.74) is 11.8. The van der Waals surface area contributed by atoms with Crippen molar-refractivity contribution in [2.45, 2.75) is 13.8 Å². The van der Waals surface area contributed by atoms with E-state index in [0.717, 1.165) is 22.6 Å². The minimum absolute atomic E-state index is 0.127. The highest BCUT2D eigenvalue weighted by atomic mass is 35.5. The summed E-state index contributed by atoms with van der Waals surface area (Å²) in [7, 11) is 0. The number of rotatable bonds is 3. The van der Waals surface area contributed by atoms with Crippen molar-refractivity contribution in [3.8, 4) is 5.69 Å². The standard InChI is InChI=1S/C14H14Cl2N4S/c1-8-3-10(7-18-19-14(17)21)9(2)20(8)13-5-11(15)4-12(16)6-13/h3-7H,1-2H3,(H3,17,19,21)/b18-7-. The molecule has 0 radical (unpaired) electrons. The fourth-order valence-electron chi connectivity index (χ4n) is 2.15. The minimum Gasteiger partial charge on any atom is -0.375 e. The van der Waals surface area contributed by atoms with Crippen molar-refractivity contribution >= 4 is 46.7 Å². The van der Waals surface area contributed by atoms with E-state index in [9.17, 15) is 0 Å². The molecule has 0 saturated heterocycles. The second kappa shape index (κ2) is 6.47. The molecule has 0 spiro atoms. The number of aromatic nitrogens is 1. The van der Waals surface area contributed by atoms with Gasteiger partial charge in [0.1, 0.15) is 0 Å². The average Bonchev–Trinajstić information content (AvgIpc) is 2.62. The van der Waals surface area contributed by atoms with Gasteiger partial charge in [-0.3, -0.25) is 5.43 Å². The molecule has 2 aromatic rings. The van der Waals surface area contributed by atoms with E-state index in [1.54, 1.807) is 12.3 Å². The van der Waals surface area contributed by atoms with Crippen molar-refractivity contribution in [2.24, 2.45) is 10.8 Å². The second-order valence-electron chi connectivity index (χ2n) is 4.52. The van der Waals surface area contributed by atoms with Crippen LogP contribution >= 0.6 is 35.4 Å². The van der Waals surface area contributed by atoms with Gasteiger partial charge in [0, 0.05) is 32.7 Å². The first-order chi connectivity index (χ1) is 9.88. The van der Waals surface area contributed by atoms with Crippen LogP contribution in [0.15, 0.2) is 29.4 Å². The molecule has 7 heteroatoms. The van der Waals surface area contributed by atoms with Crippen molar-refractivity contribution < 1.29 is 0 Å². The van der Waals surface area contributed by atoms with Crippen LogP contribution in [0, 0.1) is 13.8 Å². The summed E-state index contributed by atoms with van der Waals surface area (Å²) in [5, 5.41) is 5.29. The van der Waals surface area contributed by atoms with Crippen molar-refractivity contribution in [3.05, 3.63) is 51.3 Å². The maximum atomic E-state index is 6.07. The van der Waals surface area contributed by atoms with Crippen LogP contribution in [0.1, 0.15) is 17.0 Å². The largest absolute Gasteiger partial charge is 0.375 e. The quantitative estimate of drug-likeness (QED) is 0.510. The number of thiocarbonyl (C=S) groups is 1. The molecule has 21 heavy (non-hydrogen) atoms. The summed E-state index contributed by atoms with van der Waals surface area (Å²) in [6, 6.07) is 7.44. The van der Waals surface area contributed by atoms with Gasteiger partial charge < -0.3 is 10.3 Å². The summed E-state index contributed by atoms with van der Waals surface area (Å²) in [6.07, 6.45) is 1.67. The Morgan fingerprint density at radius 3 is 2.43 bits per heavy atom. The molecule has 0 unspecified atom stereocenters. The number of aryl methyl sites for hydroxylation is 1. The highest BCUT2D eigenvalue weighted by molar-refractivity contribution is 7.80. The fourth-order valence-corrected chi connectivity index (χ4v) is 2.72. The molecule has 0 amide bonds. The van der Waals surface area contributed by atoms with E-state index in [1.807, 2.05) is 32.0 Å². The number of hydrazone groups is 1. The molecular formula is C14H14Cl2N4S. The minimum atomic E-state index is 0.127. The summed E-state index contributed by atoms with van der Waals surface area (Å²) in [5.74, 6) is 0. The molecule has 1 aromatic carbocycles. The van der Waals surface area contributed by atoms with Gasteiger partial charge in [0.25, 0.3) is 0 Å². The third-order valence-electron chi connectivity index (χ3n) is 2.95. The zero-order chi connectivity index (χ0) is 15.6. The maximum absolute atomic E-state index is 6.07. The molecule has 0 aliphatic rings. The monoisotopic (exact) mass is 340 g/mol. The lowest BCUT2D eigenvalue weighted by atomic mass is 10.2. The number of hydrogen-bond acceptors (Lipinski definition) is 2. The van der Waals surface area contributed by atoms with E-state index in [2.05, 4.69) is 15.1 Å². The first kappa shape index (κ1) is 15.8. The van der Waals surface area contributed by atoms with Crippen LogP contribution in [0.3, 0.4) is 0 Å². The SMILES string of the molecule is Cc1cc(/C=N\NC(N)=S)c(C)n1-c1cc(Cl)cc(Cl)c1. The average molecular weight is 341 g/mol. The predicted molar refractivity (Wildman–Crippen MR) is 92.8 cm³/mol. The van der Waals surface area contributed by atoms with E-state index in [0.29, 0.717) is 10.0 Å². The van der Waals surface area contributed by atoms with Crippen LogP contribution in [0.4, 0.5) is 0 Å². The lowest BCUT2D eigenvalue weighted by Crippen LogP contribution is -2.24. The Morgan fingerprint density at radius 1 is 1.24 bits per heavy atom. The number of hydrogen-bond donors (Lipinski definition) is 2. The predicted octanol–water partition coefficient (Wildman–Crippen LogP) is 3.57. The van der Waals surface area contributed by atoms with Gasteiger partial charge in [-0.15, -0.1) is 0 Å². The van der Waals surface area contributed by atoms with Crippen LogP contribution in [0.25, 0.3) is 5.69 Å². The number of nitrogens with two attached hydrogens (primary N) is 1. The highest BCUT2D eigenvalue weighted by Crippen LogP contribution is 2.25. The zero-order valence-electron chi connectivity index (χ0n) is 11.5. The van der Waals surface area contributed by atoms with Gasteiger partial charge in [-0.1, -0.05) is 23.2 Å². The molecule has 0 saturated carbocycles. The summed E-state index contributed by atoms with van der Waals surface area (Å²) < 4.78 is 2.06. The maximum Gasteiger partial charge on any atom is 0.184 e. The van der Waals surface area contributed by atoms with Gasteiger partial charge >= 0.3 is 0 Å². The molecule has 110 valence electrons. The summed E-state index contributed by atoms with van der Waals surface area (Å²) in [6.45, 7) is 3.99. The molecule has 0 aliphatic carbocycles. The van der Waals surface area contributed by atoms with Gasteiger partial charge in [0.05, 0.1) is 6.21 Å². The molecule has 4 nitrogen and oxygen atoms in total. The molecule has 2 rings (SSSR count). The van der Waals surface area contributed by atoms with E-state index in [1.165, 1.54) is 0 Å².